The second kappa shape index (κ2) is 9.12. The van der Waals surface area contributed by atoms with E-state index in [4.69, 9.17) is 4.74 Å². The van der Waals surface area contributed by atoms with Crippen molar-refractivity contribution in [2.75, 3.05) is 26.2 Å². The number of nitrogens with one attached hydrogen (secondary N) is 1. The van der Waals surface area contributed by atoms with Crippen LogP contribution < -0.4 is 5.32 Å². The number of hydrogen-bond donors (Lipinski definition) is 1. The second-order valence-corrected chi connectivity index (χ2v) is 7.96. The number of rotatable bonds is 8. The predicted molar refractivity (Wildman–Crippen MR) is 97.0 cm³/mol. The summed E-state index contributed by atoms with van der Waals surface area (Å²) < 4.78 is 33.0. The highest BCUT2D eigenvalue weighted by Gasteiger charge is 2.30. The Hall–Kier alpha value is -1.70. The van der Waals surface area contributed by atoms with E-state index in [0.29, 0.717) is 31.8 Å². The van der Waals surface area contributed by atoms with E-state index in [0.717, 1.165) is 19.3 Å². The molecule has 0 aromatic heterocycles. The molecule has 1 aromatic carbocycles. The zero-order chi connectivity index (χ0) is 18.3. The highest BCUT2D eigenvalue weighted by molar-refractivity contribution is 7.89. The molecule has 1 amide bonds. The fourth-order valence-electron chi connectivity index (χ4n) is 2.76. The lowest BCUT2D eigenvalue weighted by molar-refractivity contribution is 0.0193. The minimum absolute atomic E-state index is 0.0671. The zero-order valence-electron chi connectivity index (χ0n) is 14.6. The molecule has 1 fully saturated rings. The summed E-state index contributed by atoms with van der Waals surface area (Å²) in [4.78, 5) is 12.2. The van der Waals surface area contributed by atoms with Gasteiger partial charge in [0.15, 0.2) is 0 Å². The number of nitrogens with zero attached hydrogens (tertiary/aromatic N) is 1. The zero-order valence-corrected chi connectivity index (χ0v) is 15.4. The highest BCUT2D eigenvalue weighted by atomic mass is 32.2. The Bertz CT molecular complexity index is 703. The SMILES string of the molecule is C=CCNC(=O)c1cccc(S(=O)(=O)N2CCCC(OCCC)C2)c1. The van der Waals surface area contributed by atoms with Crippen molar-refractivity contribution in [3.05, 3.63) is 42.5 Å². The first-order valence-corrected chi connectivity index (χ1v) is 10.0. The van der Waals surface area contributed by atoms with Gasteiger partial charge in [-0.2, -0.15) is 4.31 Å². The summed E-state index contributed by atoms with van der Waals surface area (Å²) in [6.45, 7) is 7.37. The van der Waals surface area contributed by atoms with Gasteiger partial charge in [-0.05, 0) is 37.5 Å². The van der Waals surface area contributed by atoms with Crippen LogP contribution in [-0.4, -0.2) is 51.0 Å². The Labute approximate surface area is 149 Å². The summed E-state index contributed by atoms with van der Waals surface area (Å²) in [7, 11) is -3.64. The van der Waals surface area contributed by atoms with Crippen LogP contribution in [0.4, 0.5) is 0 Å². The number of amides is 1. The molecular formula is C18H26N2O4S. The van der Waals surface area contributed by atoms with Gasteiger partial charge in [0.1, 0.15) is 0 Å². The summed E-state index contributed by atoms with van der Waals surface area (Å²) in [6.07, 6.45) is 4.05. The first kappa shape index (κ1) is 19.6. The average Bonchev–Trinajstić information content (AvgIpc) is 2.64. The van der Waals surface area contributed by atoms with Gasteiger partial charge < -0.3 is 10.1 Å². The van der Waals surface area contributed by atoms with Crippen molar-refractivity contribution in [2.24, 2.45) is 0 Å². The van der Waals surface area contributed by atoms with Gasteiger partial charge in [-0.1, -0.05) is 19.1 Å². The minimum Gasteiger partial charge on any atom is -0.377 e. The Morgan fingerprint density at radius 2 is 2.28 bits per heavy atom. The largest absolute Gasteiger partial charge is 0.377 e. The number of ether oxygens (including phenoxy) is 1. The minimum atomic E-state index is -3.64. The van der Waals surface area contributed by atoms with Gasteiger partial charge in [0.05, 0.1) is 11.0 Å². The van der Waals surface area contributed by atoms with Gasteiger partial charge in [0.2, 0.25) is 10.0 Å². The Kier molecular flexibility index (Phi) is 7.16. The van der Waals surface area contributed by atoms with E-state index in [1.807, 2.05) is 6.92 Å². The summed E-state index contributed by atoms with van der Waals surface area (Å²) in [6, 6.07) is 6.13. The number of piperidine rings is 1. The maximum Gasteiger partial charge on any atom is 0.251 e. The number of carbonyl (C=O) groups excluding carboxylic acids is 1. The normalized spacial score (nSPS) is 18.7. The molecule has 0 spiro atoms. The Morgan fingerprint density at radius 3 is 3.00 bits per heavy atom. The maximum atomic E-state index is 12.9. The highest BCUT2D eigenvalue weighted by Crippen LogP contribution is 2.23. The number of sulfonamides is 1. The molecule has 138 valence electrons. The Morgan fingerprint density at radius 1 is 1.48 bits per heavy atom. The van der Waals surface area contributed by atoms with Gasteiger partial charge in [-0.3, -0.25) is 4.79 Å². The lowest BCUT2D eigenvalue weighted by atomic mass is 10.1. The number of benzene rings is 1. The molecule has 1 unspecified atom stereocenters. The molecule has 1 aliphatic heterocycles. The number of hydrogen-bond acceptors (Lipinski definition) is 4. The van der Waals surface area contributed by atoms with E-state index in [1.165, 1.54) is 16.4 Å². The van der Waals surface area contributed by atoms with Crippen LogP contribution in [0.2, 0.25) is 0 Å². The van der Waals surface area contributed by atoms with Crippen LogP contribution in [-0.2, 0) is 14.8 Å². The molecule has 1 atom stereocenters. The van der Waals surface area contributed by atoms with Crippen molar-refractivity contribution >= 4 is 15.9 Å². The van der Waals surface area contributed by atoms with Crippen molar-refractivity contribution in [1.29, 1.82) is 0 Å². The fraction of sp³-hybridized carbons (Fsp3) is 0.500. The van der Waals surface area contributed by atoms with Crippen molar-refractivity contribution < 1.29 is 17.9 Å². The van der Waals surface area contributed by atoms with Gasteiger partial charge in [0, 0.05) is 31.8 Å². The van der Waals surface area contributed by atoms with Crippen molar-refractivity contribution in [2.45, 2.75) is 37.2 Å². The lowest BCUT2D eigenvalue weighted by Crippen LogP contribution is -2.43. The Balaban J connectivity index is 2.15. The molecule has 0 radical (unpaired) electrons. The maximum absolute atomic E-state index is 12.9. The first-order valence-electron chi connectivity index (χ1n) is 8.60. The number of carbonyl (C=O) groups is 1. The van der Waals surface area contributed by atoms with Crippen LogP contribution in [0.3, 0.4) is 0 Å². The topological polar surface area (TPSA) is 75.7 Å². The third kappa shape index (κ3) is 5.14. The van der Waals surface area contributed by atoms with E-state index in [2.05, 4.69) is 11.9 Å². The summed E-state index contributed by atoms with van der Waals surface area (Å²) in [5.74, 6) is -0.320. The monoisotopic (exact) mass is 366 g/mol. The van der Waals surface area contributed by atoms with E-state index < -0.39 is 10.0 Å². The van der Waals surface area contributed by atoms with E-state index >= 15 is 0 Å². The summed E-state index contributed by atoms with van der Waals surface area (Å²) in [5, 5.41) is 2.65. The molecule has 1 N–H and O–H groups in total. The third-order valence-corrected chi connectivity index (χ3v) is 5.90. The van der Waals surface area contributed by atoms with Crippen molar-refractivity contribution in [3.63, 3.8) is 0 Å². The van der Waals surface area contributed by atoms with Crippen LogP contribution in [0.25, 0.3) is 0 Å². The van der Waals surface area contributed by atoms with Crippen LogP contribution in [0.5, 0.6) is 0 Å². The van der Waals surface area contributed by atoms with Crippen molar-refractivity contribution in [1.82, 2.24) is 9.62 Å². The summed E-state index contributed by atoms with van der Waals surface area (Å²) >= 11 is 0. The van der Waals surface area contributed by atoms with Crippen LogP contribution in [0.1, 0.15) is 36.5 Å². The first-order chi connectivity index (χ1) is 12.0. The molecular weight excluding hydrogens is 340 g/mol. The second-order valence-electron chi connectivity index (χ2n) is 6.02. The molecule has 2 rings (SSSR count). The fourth-order valence-corrected chi connectivity index (χ4v) is 4.31. The third-order valence-electron chi connectivity index (χ3n) is 4.04. The molecule has 0 aliphatic carbocycles. The van der Waals surface area contributed by atoms with E-state index in [1.54, 1.807) is 18.2 Å². The average molecular weight is 366 g/mol. The molecule has 7 heteroatoms. The van der Waals surface area contributed by atoms with Gasteiger partial charge in [-0.25, -0.2) is 8.42 Å². The molecule has 0 saturated carbocycles. The van der Waals surface area contributed by atoms with Crippen LogP contribution in [0, 0.1) is 0 Å². The molecule has 1 saturated heterocycles. The van der Waals surface area contributed by atoms with E-state index in [-0.39, 0.29) is 16.9 Å². The van der Waals surface area contributed by atoms with Gasteiger partial charge in [0.25, 0.3) is 5.91 Å². The molecule has 25 heavy (non-hydrogen) atoms. The molecule has 1 aliphatic rings. The quantitative estimate of drug-likeness (QED) is 0.716. The molecule has 1 heterocycles. The predicted octanol–water partition coefficient (Wildman–Crippen LogP) is 2.18. The summed E-state index contributed by atoms with van der Waals surface area (Å²) in [5.41, 5.74) is 0.318. The lowest BCUT2D eigenvalue weighted by Gasteiger charge is -2.31. The van der Waals surface area contributed by atoms with E-state index in [9.17, 15) is 13.2 Å². The van der Waals surface area contributed by atoms with Crippen LogP contribution in [0.15, 0.2) is 41.8 Å². The van der Waals surface area contributed by atoms with Gasteiger partial charge >= 0.3 is 0 Å². The molecule has 1 aromatic rings. The smallest absolute Gasteiger partial charge is 0.251 e. The van der Waals surface area contributed by atoms with Crippen molar-refractivity contribution in [3.8, 4) is 0 Å². The molecule has 6 nitrogen and oxygen atoms in total. The molecule has 0 bridgehead atoms. The standard InChI is InChI=1S/C18H26N2O4S/c1-3-10-19-18(21)15-7-5-9-17(13-15)25(22,23)20-11-6-8-16(14-20)24-12-4-2/h3,5,7,9,13,16H,1,4,6,8,10-12,14H2,2H3,(H,19,21). The van der Waals surface area contributed by atoms with Crippen LogP contribution >= 0.6 is 0 Å². The van der Waals surface area contributed by atoms with Gasteiger partial charge in [-0.15, -0.1) is 6.58 Å².